The molecule has 1 saturated carbocycles. The summed E-state index contributed by atoms with van der Waals surface area (Å²) in [6.07, 6.45) is 4.99. The maximum Gasteiger partial charge on any atom is 0.189 e. The predicted molar refractivity (Wildman–Crippen MR) is 103 cm³/mol. The second kappa shape index (κ2) is 8.88. The van der Waals surface area contributed by atoms with Gasteiger partial charge in [-0.25, -0.2) is 0 Å². The van der Waals surface area contributed by atoms with E-state index >= 15 is 0 Å². The molecule has 0 aliphatic heterocycles. The molecule has 0 radical (unpaired) electrons. The van der Waals surface area contributed by atoms with E-state index in [1.54, 1.807) is 7.11 Å². The SMILES string of the molecule is COc1cccc(NC(=S)NNC(=S)N[C@H]2CCCC[C@H]2C)c1. The average molecular weight is 353 g/mol. The van der Waals surface area contributed by atoms with Crippen LogP contribution in [-0.4, -0.2) is 23.4 Å². The molecule has 4 N–H and O–H groups in total. The normalized spacial score (nSPS) is 20.3. The second-order valence-electron chi connectivity index (χ2n) is 5.78. The number of anilines is 1. The highest BCUT2D eigenvalue weighted by atomic mass is 32.1. The Bertz CT molecular complexity index is 553. The first-order chi connectivity index (χ1) is 11.1. The zero-order valence-electron chi connectivity index (χ0n) is 13.5. The van der Waals surface area contributed by atoms with Gasteiger partial charge in [0.1, 0.15) is 5.75 Å². The molecule has 1 aromatic rings. The van der Waals surface area contributed by atoms with Crippen LogP contribution in [0.2, 0.25) is 0 Å². The molecule has 1 aromatic carbocycles. The molecular weight excluding hydrogens is 328 g/mol. The minimum atomic E-state index is 0.436. The van der Waals surface area contributed by atoms with E-state index in [1.165, 1.54) is 19.3 Å². The number of hydrazine groups is 1. The van der Waals surface area contributed by atoms with Gasteiger partial charge in [0.2, 0.25) is 0 Å². The summed E-state index contributed by atoms with van der Waals surface area (Å²) in [5.41, 5.74) is 6.68. The van der Waals surface area contributed by atoms with Crippen LogP contribution < -0.4 is 26.2 Å². The van der Waals surface area contributed by atoms with Crippen molar-refractivity contribution >= 4 is 40.3 Å². The van der Waals surface area contributed by atoms with E-state index in [1.807, 2.05) is 24.3 Å². The lowest BCUT2D eigenvalue weighted by molar-refractivity contribution is 0.308. The van der Waals surface area contributed by atoms with E-state index in [0.29, 0.717) is 22.2 Å². The molecule has 126 valence electrons. The fraction of sp³-hybridized carbons (Fsp3) is 0.500. The summed E-state index contributed by atoms with van der Waals surface area (Å²) < 4.78 is 5.18. The second-order valence-corrected chi connectivity index (χ2v) is 6.59. The number of thiocarbonyl (C=S) groups is 2. The molecule has 0 saturated heterocycles. The van der Waals surface area contributed by atoms with E-state index in [2.05, 4.69) is 28.4 Å². The van der Waals surface area contributed by atoms with Gasteiger partial charge in [-0.15, -0.1) is 0 Å². The lowest BCUT2D eigenvalue weighted by Crippen LogP contribution is -2.52. The highest BCUT2D eigenvalue weighted by molar-refractivity contribution is 7.80. The first-order valence-corrected chi connectivity index (χ1v) is 8.67. The van der Waals surface area contributed by atoms with E-state index < -0.39 is 0 Å². The van der Waals surface area contributed by atoms with Crippen LogP contribution in [-0.2, 0) is 0 Å². The minimum absolute atomic E-state index is 0.436. The smallest absolute Gasteiger partial charge is 0.189 e. The molecule has 7 heteroatoms. The van der Waals surface area contributed by atoms with Gasteiger partial charge in [-0.05, 0) is 55.3 Å². The molecule has 0 spiro atoms. The predicted octanol–water partition coefficient (Wildman–Crippen LogP) is 2.94. The maximum absolute atomic E-state index is 5.32. The van der Waals surface area contributed by atoms with Crippen molar-refractivity contribution in [3.8, 4) is 5.75 Å². The average Bonchev–Trinajstić information content (AvgIpc) is 2.55. The van der Waals surface area contributed by atoms with Gasteiger partial charge in [-0.2, -0.15) is 0 Å². The molecule has 0 unspecified atom stereocenters. The Hall–Kier alpha value is -1.60. The van der Waals surface area contributed by atoms with Crippen LogP contribution in [0.5, 0.6) is 5.75 Å². The third kappa shape index (κ3) is 5.84. The van der Waals surface area contributed by atoms with Crippen molar-refractivity contribution in [2.75, 3.05) is 12.4 Å². The Morgan fingerprint density at radius 3 is 2.61 bits per heavy atom. The van der Waals surface area contributed by atoms with Crippen LogP contribution >= 0.6 is 24.4 Å². The Labute approximate surface area is 148 Å². The summed E-state index contributed by atoms with van der Waals surface area (Å²) in [7, 11) is 1.63. The minimum Gasteiger partial charge on any atom is -0.497 e. The third-order valence-corrected chi connectivity index (χ3v) is 4.47. The van der Waals surface area contributed by atoms with Gasteiger partial charge >= 0.3 is 0 Å². The van der Waals surface area contributed by atoms with Crippen LogP contribution in [0.3, 0.4) is 0 Å². The van der Waals surface area contributed by atoms with Gasteiger partial charge in [-0.1, -0.05) is 25.8 Å². The van der Waals surface area contributed by atoms with E-state index in [0.717, 1.165) is 17.9 Å². The largest absolute Gasteiger partial charge is 0.497 e. The number of methoxy groups -OCH3 is 1. The molecule has 1 aliphatic rings. The zero-order valence-corrected chi connectivity index (χ0v) is 15.2. The summed E-state index contributed by atoms with van der Waals surface area (Å²) in [4.78, 5) is 0. The van der Waals surface area contributed by atoms with E-state index in [-0.39, 0.29) is 0 Å². The number of hydrogen-bond donors (Lipinski definition) is 4. The number of hydrogen-bond acceptors (Lipinski definition) is 3. The fourth-order valence-electron chi connectivity index (χ4n) is 2.71. The third-order valence-electron chi connectivity index (χ3n) is 4.05. The summed E-state index contributed by atoms with van der Waals surface area (Å²) in [6, 6.07) is 7.99. The quantitative estimate of drug-likeness (QED) is 0.493. The van der Waals surface area contributed by atoms with Crippen LogP contribution in [0.25, 0.3) is 0 Å². The highest BCUT2D eigenvalue weighted by Gasteiger charge is 2.21. The molecule has 2 rings (SSSR count). The van der Waals surface area contributed by atoms with Gasteiger partial charge in [0.25, 0.3) is 0 Å². The van der Waals surface area contributed by atoms with Crippen LogP contribution in [0.4, 0.5) is 5.69 Å². The molecule has 0 aromatic heterocycles. The monoisotopic (exact) mass is 352 g/mol. The molecule has 23 heavy (non-hydrogen) atoms. The summed E-state index contributed by atoms with van der Waals surface area (Å²) >= 11 is 10.6. The van der Waals surface area contributed by atoms with Gasteiger partial charge < -0.3 is 15.4 Å². The zero-order chi connectivity index (χ0) is 16.7. The molecule has 0 heterocycles. The number of benzene rings is 1. The van der Waals surface area contributed by atoms with Crippen molar-refractivity contribution in [1.82, 2.24) is 16.2 Å². The van der Waals surface area contributed by atoms with Crippen LogP contribution in [0, 0.1) is 5.92 Å². The summed E-state index contributed by atoms with van der Waals surface area (Å²) in [6.45, 7) is 2.27. The molecule has 1 fully saturated rings. The lowest BCUT2D eigenvalue weighted by Gasteiger charge is -2.30. The molecular formula is C16H24N4OS2. The topological polar surface area (TPSA) is 57.4 Å². The van der Waals surface area contributed by atoms with Crippen molar-refractivity contribution in [2.45, 2.75) is 38.6 Å². The van der Waals surface area contributed by atoms with Crippen molar-refractivity contribution in [1.29, 1.82) is 0 Å². The van der Waals surface area contributed by atoms with Crippen LogP contribution in [0.15, 0.2) is 24.3 Å². The fourth-order valence-corrected chi connectivity index (χ4v) is 3.08. The number of nitrogens with one attached hydrogen (secondary N) is 4. The van der Waals surface area contributed by atoms with Gasteiger partial charge in [0.05, 0.1) is 7.11 Å². The van der Waals surface area contributed by atoms with E-state index in [4.69, 9.17) is 29.2 Å². The summed E-state index contributed by atoms with van der Waals surface area (Å²) in [5.74, 6) is 1.42. The first kappa shape index (κ1) is 17.7. The number of rotatable bonds is 3. The van der Waals surface area contributed by atoms with Crippen LogP contribution in [0.1, 0.15) is 32.6 Å². The molecule has 0 amide bonds. The maximum atomic E-state index is 5.32. The standard InChI is InChI=1S/C16H24N4OS2/c1-11-6-3-4-9-14(11)18-16(23)20-19-15(22)17-12-7-5-8-13(10-12)21-2/h5,7-8,10-11,14H,3-4,6,9H2,1-2H3,(H2,17,19,22)(H2,18,20,23)/t11-,14+/m1/s1. The van der Waals surface area contributed by atoms with Crippen molar-refractivity contribution in [2.24, 2.45) is 5.92 Å². The van der Waals surface area contributed by atoms with Crippen molar-refractivity contribution in [3.05, 3.63) is 24.3 Å². The lowest BCUT2D eigenvalue weighted by atomic mass is 9.86. The Morgan fingerprint density at radius 1 is 1.13 bits per heavy atom. The molecule has 5 nitrogen and oxygen atoms in total. The van der Waals surface area contributed by atoms with Crippen molar-refractivity contribution in [3.63, 3.8) is 0 Å². The van der Waals surface area contributed by atoms with Gasteiger partial charge in [-0.3, -0.25) is 10.9 Å². The van der Waals surface area contributed by atoms with Gasteiger partial charge in [0.15, 0.2) is 10.2 Å². The van der Waals surface area contributed by atoms with Gasteiger partial charge in [0, 0.05) is 17.8 Å². The Morgan fingerprint density at radius 2 is 1.87 bits per heavy atom. The highest BCUT2D eigenvalue weighted by Crippen LogP contribution is 2.23. The molecule has 1 aliphatic carbocycles. The first-order valence-electron chi connectivity index (χ1n) is 7.86. The Balaban J connectivity index is 1.74. The van der Waals surface area contributed by atoms with E-state index in [9.17, 15) is 0 Å². The molecule has 2 atom stereocenters. The summed E-state index contributed by atoms with van der Waals surface area (Å²) in [5, 5.41) is 7.44. The van der Waals surface area contributed by atoms with Crippen molar-refractivity contribution < 1.29 is 4.74 Å². The Kier molecular flexibility index (Phi) is 6.85. The molecule has 0 bridgehead atoms. The number of ether oxygens (including phenoxy) is 1.